The third kappa shape index (κ3) is 5.88. The first kappa shape index (κ1) is 21.5. The Bertz CT molecular complexity index is 892. The molecule has 1 atom stereocenters. The maximum Gasteiger partial charge on any atom is 0.337 e. The molecule has 2 aromatic rings. The van der Waals surface area contributed by atoms with Crippen LogP contribution in [0, 0.1) is 0 Å². The zero-order valence-corrected chi connectivity index (χ0v) is 17.5. The number of benzene rings is 2. The Kier molecular flexibility index (Phi) is 7.41. The van der Waals surface area contributed by atoms with E-state index in [1.54, 1.807) is 24.3 Å². The maximum absolute atomic E-state index is 13.1. The zero-order chi connectivity index (χ0) is 20.7. The maximum atomic E-state index is 13.1. The SMILES string of the molecule is COC(=O)c1ccc(CNS(=O)(=O)C(CCN2CCCC2)c2ccccc2)cc1. The van der Waals surface area contributed by atoms with Crippen molar-refractivity contribution < 1.29 is 17.9 Å². The fraction of sp³-hybridized carbons (Fsp3) is 0.409. The largest absolute Gasteiger partial charge is 0.465 e. The highest BCUT2D eigenvalue weighted by atomic mass is 32.2. The third-order valence-corrected chi connectivity index (χ3v) is 7.11. The number of hydrogen-bond acceptors (Lipinski definition) is 5. The molecule has 1 aliphatic heterocycles. The average molecular weight is 417 g/mol. The quantitative estimate of drug-likeness (QED) is 0.636. The molecule has 0 spiro atoms. The summed E-state index contributed by atoms with van der Waals surface area (Å²) in [4.78, 5) is 13.9. The Morgan fingerprint density at radius 3 is 2.34 bits per heavy atom. The zero-order valence-electron chi connectivity index (χ0n) is 16.7. The summed E-state index contributed by atoms with van der Waals surface area (Å²) in [6, 6.07) is 16.1. The summed E-state index contributed by atoms with van der Waals surface area (Å²) in [5.74, 6) is -0.414. The molecule has 1 N–H and O–H groups in total. The van der Waals surface area contributed by atoms with E-state index in [-0.39, 0.29) is 6.54 Å². The van der Waals surface area contributed by atoms with E-state index in [0.717, 1.165) is 30.8 Å². The summed E-state index contributed by atoms with van der Waals surface area (Å²) in [5.41, 5.74) is 2.03. The van der Waals surface area contributed by atoms with Crippen LogP contribution < -0.4 is 4.72 Å². The molecule has 0 aliphatic carbocycles. The summed E-state index contributed by atoms with van der Waals surface area (Å²) >= 11 is 0. The molecule has 2 aromatic carbocycles. The average Bonchev–Trinajstić information content (AvgIpc) is 3.26. The number of ether oxygens (including phenoxy) is 1. The van der Waals surface area contributed by atoms with Gasteiger partial charge in [0.1, 0.15) is 5.25 Å². The van der Waals surface area contributed by atoms with E-state index in [2.05, 4.69) is 14.4 Å². The van der Waals surface area contributed by atoms with E-state index in [1.807, 2.05) is 30.3 Å². The molecule has 1 saturated heterocycles. The summed E-state index contributed by atoms with van der Waals surface area (Å²) < 4.78 is 33.7. The number of likely N-dealkylation sites (tertiary alicyclic amines) is 1. The van der Waals surface area contributed by atoms with Crippen molar-refractivity contribution in [2.75, 3.05) is 26.7 Å². The van der Waals surface area contributed by atoms with Crippen molar-refractivity contribution in [3.05, 3.63) is 71.3 Å². The van der Waals surface area contributed by atoms with Crippen LogP contribution in [-0.2, 0) is 21.3 Å². The van der Waals surface area contributed by atoms with Crippen molar-refractivity contribution in [2.45, 2.75) is 31.1 Å². The topological polar surface area (TPSA) is 75.7 Å². The number of methoxy groups -OCH3 is 1. The number of esters is 1. The van der Waals surface area contributed by atoms with Crippen molar-refractivity contribution in [3.63, 3.8) is 0 Å². The molecule has 0 bridgehead atoms. The molecular formula is C22H28N2O4S. The molecule has 1 fully saturated rings. The highest BCUT2D eigenvalue weighted by molar-refractivity contribution is 7.89. The van der Waals surface area contributed by atoms with Crippen LogP contribution in [0.5, 0.6) is 0 Å². The van der Waals surface area contributed by atoms with Gasteiger partial charge in [-0.15, -0.1) is 0 Å². The number of hydrogen-bond donors (Lipinski definition) is 1. The minimum atomic E-state index is -3.56. The Labute approximate surface area is 172 Å². The highest BCUT2D eigenvalue weighted by Crippen LogP contribution is 2.26. The second-order valence-corrected chi connectivity index (χ2v) is 9.24. The second kappa shape index (κ2) is 10.0. The standard InChI is InChI=1S/C22H28N2O4S/c1-28-22(25)20-11-9-18(10-12-20)17-23-29(26,27)21(19-7-3-2-4-8-19)13-16-24-14-5-6-15-24/h2-4,7-12,21,23H,5-6,13-17H2,1H3. The molecule has 6 nitrogen and oxygen atoms in total. The van der Waals surface area contributed by atoms with Gasteiger partial charge in [0, 0.05) is 6.54 Å². The molecule has 1 unspecified atom stereocenters. The lowest BCUT2D eigenvalue weighted by atomic mass is 10.1. The minimum Gasteiger partial charge on any atom is -0.465 e. The number of carbonyl (C=O) groups excluding carboxylic acids is 1. The molecule has 0 amide bonds. The number of carbonyl (C=O) groups is 1. The van der Waals surface area contributed by atoms with Gasteiger partial charge in [-0.25, -0.2) is 17.9 Å². The molecular weight excluding hydrogens is 388 g/mol. The number of nitrogens with one attached hydrogen (secondary N) is 1. The first-order valence-electron chi connectivity index (χ1n) is 9.92. The normalized spacial score (nSPS) is 15.9. The van der Waals surface area contributed by atoms with Crippen LogP contribution in [0.15, 0.2) is 54.6 Å². The van der Waals surface area contributed by atoms with Gasteiger partial charge >= 0.3 is 5.97 Å². The van der Waals surface area contributed by atoms with Gasteiger partial charge in [-0.05, 0) is 62.2 Å². The third-order valence-electron chi connectivity index (χ3n) is 5.30. The predicted octanol–water partition coefficient (Wildman–Crippen LogP) is 3.12. The van der Waals surface area contributed by atoms with E-state index in [0.29, 0.717) is 12.0 Å². The van der Waals surface area contributed by atoms with E-state index in [9.17, 15) is 13.2 Å². The van der Waals surface area contributed by atoms with Crippen molar-refractivity contribution in [2.24, 2.45) is 0 Å². The van der Waals surface area contributed by atoms with Crippen LogP contribution in [0.2, 0.25) is 0 Å². The van der Waals surface area contributed by atoms with Gasteiger partial charge in [0.05, 0.1) is 12.7 Å². The van der Waals surface area contributed by atoms with Crippen LogP contribution in [0.1, 0.15) is 46.0 Å². The second-order valence-electron chi connectivity index (χ2n) is 7.29. The summed E-state index contributed by atoms with van der Waals surface area (Å²) in [7, 11) is -2.24. The van der Waals surface area contributed by atoms with Crippen molar-refractivity contribution in [1.29, 1.82) is 0 Å². The summed E-state index contributed by atoms with van der Waals surface area (Å²) in [6.45, 7) is 3.04. The minimum absolute atomic E-state index is 0.177. The van der Waals surface area contributed by atoms with Gasteiger partial charge in [0.15, 0.2) is 0 Å². The van der Waals surface area contributed by atoms with Gasteiger partial charge in [-0.3, -0.25) is 0 Å². The highest BCUT2D eigenvalue weighted by Gasteiger charge is 2.28. The Hall–Kier alpha value is -2.22. The Morgan fingerprint density at radius 2 is 1.72 bits per heavy atom. The molecule has 1 heterocycles. The fourth-order valence-electron chi connectivity index (χ4n) is 3.64. The van der Waals surface area contributed by atoms with E-state index in [1.165, 1.54) is 20.0 Å². The Balaban J connectivity index is 1.69. The van der Waals surface area contributed by atoms with Gasteiger partial charge < -0.3 is 9.64 Å². The first-order chi connectivity index (χ1) is 14.0. The molecule has 0 saturated carbocycles. The van der Waals surface area contributed by atoms with Crippen molar-refractivity contribution >= 4 is 16.0 Å². The first-order valence-corrected chi connectivity index (χ1v) is 11.5. The smallest absolute Gasteiger partial charge is 0.337 e. The molecule has 156 valence electrons. The summed E-state index contributed by atoms with van der Waals surface area (Å²) in [6.07, 6.45) is 2.92. The molecule has 0 aromatic heterocycles. The molecule has 3 rings (SSSR count). The van der Waals surface area contributed by atoms with E-state index in [4.69, 9.17) is 0 Å². The van der Waals surface area contributed by atoms with Crippen LogP contribution in [0.3, 0.4) is 0 Å². The predicted molar refractivity (Wildman–Crippen MR) is 113 cm³/mol. The molecule has 1 aliphatic rings. The summed E-state index contributed by atoms with van der Waals surface area (Å²) in [5, 5.41) is -0.598. The molecule has 7 heteroatoms. The number of sulfonamides is 1. The Morgan fingerprint density at radius 1 is 1.07 bits per heavy atom. The monoisotopic (exact) mass is 416 g/mol. The van der Waals surface area contributed by atoms with Crippen LogP contribution in [0.25, 0.3) is 0 Å². The molecule has 29 heavy (non-hydrogen) atoms. The van der Waals surface area contributed by atoms with Crippen LogP contribution in [-0.4, -0.2) is 46.0 Å². The van der Waals surface area contributed by atoms with Crippen LogP contribution >= 0.6 is 0 Å². The van der Waals surface area contributed by atoms with Crippen molar-refractivity contribution in [1.82, 2.24) is 9.62 Å². The lowest BCUT2D eigenvalue weighted by Crippen LogP contribution is -2.31. The number of rotatable bonds is 9. The fourth-order valence-corrected chi connectivity index (χ4v) is 5.14. The van der Waals surface area contributed by atoms with Crippen LogP contribution in [0.4, 0.5) is 0 Å². The van der Waals surface area contributed by atoms with E-state index >= 15 is 0 Å². The van der Waals surface area contributed by atoms with Gasteiger partial charge in [0.25, 0.3) is 0 Å². The van der Waals surface area contributed by atoms with Gasteiger partial charge in [-0.2, -0.15) is 0 Å². The van der Waals surface area contributed by atoms with E-state index < -0.39 is 21.2 Å². The van der Waals surface area contributed by atoms with Crippen molar-refractivity contribution in [3.8, 4) is 0 Å². The number of nitrogens with zero attached hydrogens (tertiary/aromatic N) is 1. The lowest BCUT2D eigenvalue weighted by molar-refractivity contribution is 0.0600. The molecule has 0 radical (unpaired) electrons. The lowest BCUT2D eigenvalue weighted by Gasteiger charge is -2.22. The van der Waals surface area contributed by atoms with Gasteiger partial charge in [-0.1, -0.05) is 42.5 Å². The van der Waals surface area contributed by atoms with Gasteiger partial charge in [0.2, 0.25) is 10.0 Å².